The van der Waals surface area contributed by atoms with E-state index in [0.717, 1.165) is 45.7 Å². The Morgan fingerprint density at radius 2 is 1.46 bits per heavy atom. The molecule has 0 spiro atoms. The summed E-state index contributed by atoms with van der Waals surface area (Å²) < 4.78 is 1.04. The summed E-state index contributed by atoms with van der Waals surface area (Å²) in [7, 11) is 0. The molecule has 3 nitrogen and oxygen atoms in total. The van der Waals surface area contributed by atoms with Gasteiger partial charge in [-0.05, 0) is 37.2 Å². The van der Waals surface area contributed by atoms with Crippen LogP contribution in [-0.4, -0.2) is 18.8 Å². The maximum absolute atomic E-state index is 5.80. The molecule has 130 valence electrons. The molecule has 2 N–H and O–H groups in total. The maximum atomic E-state index is 5.80. The van der Waals surface area contributed by atoms with Crippen molar-refractivity contribution in [3.63, 3.8) is 0 Å². The highest BCUT2D eigenvalue weighted by Crippen LogP contribution is 2.41. The molecule has 4 rings (SSSR count). The largest absolute Gasteiger partial charge is 0.339 e. The Hall–Kier alpha value is -2.43. The smallest absolute Gasteiger partial charge is 0.0874 e. The van der Waals surface area contributed by atoms with E-state index < -0.39 is 0 Å². The first-order valence-corrected chi connectivity index (χ1v) is 9.58. The van der Waals surface area contributed by atoms with Crippen molar-refractivity contribution in [2.24, 2.45) is 10.7 Å². The van der Waals surface area contributed by atoms with Gasteiger partial charge in [-0.3, -0.25) is 0 Å². The first-order valence-electron chi connectivity index (χ1n) is 8.79. The molecule has 3 aromatic rings. The van der Waals surface area contributed by atoms with Crippen molar-refractivity contribution in [1.29, 1.82) is 0 Å². The summed E-state index contributed by atoms with van der Waals surface area (Å²) in [4.78, 5) is 7.42. The van der Waals surface area contributed by atoms with Gasteiger partial charge < -0.3 is 10.6 Å². The summed E-state index contributed by atoms with van der Waals surface area (Å²) in [5.74, 6) is 0. The Labute approximate surface area is 162 Å². The quantitative estimate of drug-likeness (QED) is 0.629. The number of hydrogen-bond donors (Lipinski definition) is 1. The van der Waals surface area contributed by atoms with Crippen LogP contribution in [-0.2, 0) is 0 Å². The van der Waals surface area contributed by atoms with Crippen LogP contribution in [0.1, 0.15) is 17.5 Å². The van der Waals surface area contributed by atoms with Crippen LogP contribution in [0, 0.1) is 0 Å². The summed E-state index contributed by atoms with van der Waals surface area (Å²) in [6.45, 7) is 1.53. The number of para-hydroxylation sites is 3. The molecule has 4 heteroatoms. The minimum atomic E-state index is 0.665. The lowest BCUT2D eigenvalue weighted by molar-refractivity contribution is 0.818. The molecule has 1 heterocycles. The Bertz CT molecular complexity index is 965. The average Bonchev–Trinajstić information content (AvgIpc) is 2.81. The number of fused-ring (bicyclic) bond motifs is 2. The van der Waals surface area contributed by atoms with Crippen LogP contribution in [0.2, 0.25) is 0 Å². The van der Waals surface area contributed by atoms with Gasteiger partial charge in [0.15, 0.2) is 0 Å². The molecule has 3 aromatic carbocycles. The fourth-order valence-corrected chi connectivity index (χ4v) is 3.83. The molecule has 0 aliphatic carbocycles. The van der Waals surface area contributed by atoms with Gasteiger partial charge in [-0.15, -0.1) is 0 Å². The van der Waals surface area contributed by atoms with Crippen molar-refractivity contribution in [2.45, 2.75) is 6.42 Å². The van der Waals surface area contributed by atoms with Gasteiger partial charge in [0.25, 0.3) is 0 Å². The van der Waals surface area contributed by atoms with Gasteiger partial charge >= 0.3 is 0 Å². The van der Waals surface area contributed by atoms with Gasteiger partial charge in [-0.2, -0.15) is 0 Å². The van der Waals surface area contributed by atoms with E-state index in [9.17, 15) is 0 Å². The molecule has 0 bridgehead atoms. The second-order valence-corrected chi connectivity index (χ2v) is 7.09. The molecule has 26 heavy (non-hydrogen) atoms. The van der Waals surface area contributed by atoms with Crippen LogP contribution in [0.5, 0.6) is 0 Å². The van der Waals surface area contributed by atoms with Crippen LogP contribution >= 0.6 is 15.9 Å². The summed E-state index contributed by atoms with van der Waals surface area (Å²) >= 11 is 3.70. The van der Waals surface area contributed by atoms with E-state index in [1.807, 2.05) is 18.2 Å². The lowest BCUT2D eigenvalue weighted by Crippen LogP contribution is -2.22. The van der Waals surface area contributed by atoms with Crippen LogP contribution in [0.25, 0.3) is 0 Å². The van der Waals surface area contributed by atoms with E-state index in [1.54, 1.807) is 0 Å². The second kappa shape index (κ2) is 7.44. The normalized spacial score (nSPS) is 12.8. The highest BCUT2D eigenvalue weighted by Gasteiger charge is 2.23. The number of anilines is 2. The van der Waals surface area contributed by atoms with Crippen LogP contribution in [0.3, 0.4) is 0 Å². The van der Waals surface area contributed by atoms with Gasteiger partial charge in [0.2, 0.25) is 0 Å². The third-order valence-electron chi connectivity index (χ3n) is 4.57. The number of hydrogen-bond acceptors (Lipinski definition) is 3. The van der Waals surface area contributed by atoms with E-state index in [4.69, 9.17) is 10.7 Å². The predicted octanol–water partition coefficient (Wildman–Crippen LogP) is 5.42. The topological polar surface area (TPSA) is 41.6 Å². The lowest BCUT2D eigenvalue weighted by atomic mass is 10.00. The molecule has 0 amide bonds. The molecule has 1 aliphatic heterocycles. The van der Waals surface area contributed by atoms with Crippen molar-refractivity contribution in [3.8, 4) is 0 Å². The van der Waals surface area contributed by atoms with E-state index in [-0.39, 0.29) is 0 Å². The SMILES string of the molecule is NCCCN1c2ccccc2N=C(c2ccccc2Br)c2ccccc21. The molecule has 0 radical (unpaired) electrons. The zero-order valence-electron chi connectivity index (χ0n) is 14.4. The minimum Gasteiger partial charge on any atom is -0.339 e. The van der Waals surface area contributed by atoms with E-state index in [1.165, 1.54) is 5.69 Å². The van der Waals surface area contributed by atoms with Crippen molar-refractivity contribution >= 4 is 38.7 Å². The first-order chi connectivity index (χ1) is 12.8. The second-order valence-electron chi connectivity index (χ2n) is 6.24. The Kier molecular flexibility index (Phi) is 4.87. The van der Waals surface area contributed by atoms with Crippen molar-refractivity contribution < 1.29 is 0 Å². The Balaban J connectivity index is 1.98. The monoisotopic (exact) mass is 405 g/mol. The zero-order chi connectivity index (χ0) is 17.9. The predicted molar refractivity (Wildman–Crippen MR) is 113 cm³/mol. The third-order valence-corrected chi connectivity index (χ3v) is 5.26. The first kappa shape index (κ1) is 17.0. The van der Waals surface area contributed by atoms with Crippen LogP contribution in [0.15, 0.2) is 82.3 Å². The van der Waals surface area contributed by atoms with E-state index in [2.05, 4.69) is 75.4 Å². The zero-order valence-corrected chi connectivity index (χ0v) is 16.0. The standard InChI is InChI=1S/C22H20BrN3/c23-18-10-3-1-8-16(18)22-17-9-2-5-12-20(17)26(15-7-14-24)21-13-6-4-11-19(21)25-22/h1-6,8-13H,7,14-15,24H2. The fraction of sp³-hybridized carbons (Fsp3) is 0.136. The van der Waals surface area contributed by atoms with Gasteiger partial charge in [0.1, 0.15) is 0 Å². The van der Waals surface area contributed by atoms with Gasteiger partial charge in [-0.25, -0.2) is 4.99 Å². The lowest BCUT2D eigenvalue weighted by Gasteiger charge is -2.26. The summed E-state index contributed by atoms with van der Waals surface area (Å²) in [5, 5.41) is 0. The highest BCUT2D eigenvalue weighted by atomic mass is 79.9. The van der Waals surface area contributed by atoms with Crippen molar-refractivity contribution in [3.05, 3.63) is 88.4 Å². The van der Waals surface area contributed by atoms with Crippen molar-refractivity contribution in [2.75, 3.05) is 18.0 Å². The highest BCUT2D eigenvalue weighted by molar-refractivity contribution is 9.10. The number of aliphatic imine (C=N–C) groups is 1. The van der Waals surface area contributed by atoms with E-state index >= 15 is 0 Å². The number of rotatable bonds is 4. The van der Waals surface area contributed by atoms with Crippen LogP contribution < -0.4 is 10.6 Å². The number of nitrogens with zero attached hydrogens (tertiary/aromatic N) is 2. The number of benzene rings is 3. The van der Waals surface area contributed by atoms with Gasteiger partial charge in [0.05, 0.1) is 22.8 Å². The molecule has 0 unspecified atom stereocenters. The molecule has 0 aromatic heterocycles. The van der Waals surface area contributed by atoms with Crippen molar-refractivity contribution in [1.82, 2.24) is 0 Å². The minimum absolute atomic E-state index is 0.665. The van der Waals surface area contributed by atoms with E-state index in [0.29, 0.717) is 6.54 Å². The molecular formula is C22H20BrN3. The summed E-state index contributed by atoms with van der Waals surface area (Å²) in [6, 6.07) is 25.0. The number of nitrogens with two attached hydrogens (primary N) is 1. The van der Waals surface area contributed by atoms with Gasteiger partial charge in [-0.1, -0.05) is 64.5 Å². The summed E-state index contributed by atoms with van der Waals surface area (Å²) in [5.41, 5.74) is 12.3. The molecule has 0 atom stereocenters. The molecule has 0 fully saturated rings. The van der Waals surface area contributed by atoms with Gasteiger partial charge in [0, 0.05) is 22.1 Å². The number of halogens is 1. The fourth-order valence-electron chi connectivity index (χ4n) is 3.36. The van der Waals surface area contributed by atoms with Crippen LogP contribution in [0.4, 0.5) is 17.1 Å². The summed E-state index contributed by atoms with van der Waals surface area (Å²) in [6.07, 6.45) is 0.924. The molecule has 0 saturated heterocycles. The molecular weight excluding hydrogens is 386 g/mol. The average molecular weight is 406 g/mol. The molecule has 0 saturated carbocycles. The molecule has 1 aliphatic rings. The third kappa shape index (κ3) is 3.06. The Morgan fingerprint density at radius 1 is 0.808 bits per heavy atom. The maximum Gasteiger partial charge on any atom is 0.0874 e. The Morgan fingerprint density at radius 3 is 2.23 bits per heavy atom.